The second-order valence-corrected chi connectivity index (χ2v) is 4.34. The van der Waals surface area contributed by atoms with Gasteiger partial charge in [0.15, 0.2) is 0 Å². The molecular formula is C10H10INO3. The maximum absolute atomic E-state index is 11.2. The first-order chi connectivity index (χ1) is 7.04. The monoisotopic (exact) mass is 319 g/mol. The molecular weight excluding hydrogens is 309 g/mol. The molecule has 0 saturated heterocycles. The van der Waals surface area contributed by atoms with E-state index in [2.05, 4.69) is 0 Å². The van der Waals surface area contributed by atoms with Crippen LogP contribution in [0.2, 0.25) is 0 Å². The number of halogens is 1. The summed E-state index contributed by atoms with van der Waals surface area (Å²) in [7, 11) is 0. The van der Waals surface area contributed by atoms with E-state index in [1.807, 2.05) is 22.6 Å². The molecule has 1 aromatic carbocycles. The van der Waals surface area contributed by atoms with E-state index in [0.29, 0.717) is 12.0 Å². The minimum atomic E-state index is -0.444. The fraction of sp³-hybridized carbons (Fsp3) is 0.300. The van der Waals surface area contributed by atoms with Gasteiger partial charge in [0.2, 0.25) is 0 Å². The molecule has 0 aliphatic heterocycles. The molecule has 1 rings (SSSR count). The van der Waals surface area contributed by atoms with Crippen molar-refractivity contribution in [2.24, 2.45) is 0 Å². The average Bonchev–Trinajstić information content (AvgIpc) is 2.20. The Morgan fingerprint density at radius 3 is 2.73 bits per heavy atom. The molecule has 0 fully saturated rings. The standard InChI is InChI=1S/C10H10INO3/c1-2-9(13)5-7-3-4-8(11)6-10(7)12(14)15/h3-4,6H,2,5H2,1H3. The van der Waals surface area contributed by atoms with E-state index in [-0.39, 0.29) is 17.9 Å². The Bertz CT molecular complexity index is 404. The topological polar surface area (TPSA) is 60.2 Å². The lowest BCUT2D eigenvalue weighted by atomic mass is 10.1. The van der Waals surface area contributed by atoms with Crippen molar-refractivity contribution < 1.29 is 9.72 Å². The largest absolute Gasteiger partial charge is 0.299 e. The molecule has 0 bridgehead atoms. The van der Waals surface area contributed by atoms with Gasteiger partial charge in [-0.05, 0) is 28.7 Å². The third-order valence-electron chi connectivity index (χ3n) is 2.03. The number of Topliss-reactive ketones (excluding diaryl/α,β-unsaturated/α-hetero) is 1. The van der Waals surface area contributed by atoms with Crippen molar-refractivity contribution in [3.63, 3.8) is 0 Å². The number of benzene rings is 1. The van der Waals surface area contributed by atoms with E-state index in [1.165, 1.54) is 6.07 Å². The van der Waals surface area contributed by atoms with Crippen LogP contribution in [0.3, 0.4) is 0 Å². The van der Waals surface area contributed by atoms with Crippen molar-refractivity contribution in [2.45, 2.75) is 19.8 Å². The van der Waals surface area contributed by atoms with E-state index in [0.717, 1.165) is 3.57 Å². The van der Waals surface area contributed by atoms with Crippen LogP contribution in [0.15, 0.2) is 18.2 Å². The van der Waals surface area contributed by atoms with Gasteiger partial charge in [0.05, 0.1) is 4.92 Å². The van der Waals surface area contributed by atoms with Crippen molar-refractivity contribution in [2.75, 3.05) is 0 Å². The summed E-state index contributed by atoms with van der Waals surface area (Å²) >= 11 is 2.01. The van der Waals surface area contributed by atoms with Gasteiger partial charge in [-0.3, -0.25) is 14.9 Å². The van der Waals surface area contributed by atoms with E-state index in [9.17, 15) is 14.9 Å². The summed E-state index contributed by atoms with van der Waals surface area (Å²) in [5, 5.41) is 10.7. The molecule has 0 heterocycles. The minimum Gasteiger partial charge on any atom is -0.299 e. The number of rotatable bonds is 4. The summed E-state index contributed by atoms with van der Waals surface area (Å²) in [6.45, 7) is 1.75. The smallest absolute Gasteiger partial charge is 0.274 e. The van der Waals surface area contributed by atoms with Crippen LogP contribution in [0.25, 0.3) is 0 Å². The third kappa shape index (κ3) is 3.26. The molecule has 4 nitrogen and oxygen atoms in total. The molecule has 80 valence electrons. The second-order valence-electron chi connectivity index (χ2n) is 3.10. The second kappa shape index (κ2) is 5.20. The summed E-state index contributed by atoms with van der Waals surface area (Å²) in [5.74, 6) is 0.0132. The van der Waals surface area contributed by atoms with Crippen LogP contribution < -0.4 is 0 Å². The number of ketones is 1. The van der Waals surface area contributed by atoms with Gasteiger partial charge in [0.1, 0.15) is 5.78 Å². The Morgan fingerprint density at radius 2 is 2.20 bits per heavy atom. The fourth-order valence-electron chi connectivity index (χ4n) is 1.19. The van der Waals surface area contributed by atoms with Crippen molar-refractivity contribution in [3.8, 4) is 0 Å². The first-order valence-electron chi connectivity index (χ1n) is 4.49. The zero-order valence-electron chi connectivity index (χ0n) is 8.20. The molecule has 0 aromatic heterocycles. The molecule has 0 spiro atoms. The zero-order chi connectivity index (χ0) is 11.4. The van der Waals surface area contributed by atoms with E-state index < -0.39 is 4.92 Å². The van der Waals surface area contributed by atoms with Gasteiger partial charge in [0, 0.05) is 28.0 Å². The summed E-state index contributed by atoms with van der Waals surface area (Å²) < 4.78 is 0.798. The molecule has 1 aromatic rings. The highest BCUT2D eigenvalue weighted by molar-refractivity contribution is 14.1. The molecule has 0 unspecified atom stereocenters. The molecule has 0 radical (unpaired) electrons. The van der Waals surface area contributed by atoms with Crippen LogP contribution in [-0.4, -0.2) is 10.7 Å². The lowest BCUT2D eigenvalue weighted by Gasteiger charge is -2.01. The summed E-state index contributed by atoms with van der Waals surface area (Å²) in [4.78, 5) is 21.5. The lowest BCUT2D eigenvalue weighted by molar-refractivity contribution is -0.385. The predicted molar refractivity (Wildman–Crippen MR) is 64.8 cm³/mol. The number of nitro benzene ring substituents is 1. The van der Waals surface area contributed by atoms with Crippen LogP contribution in [0.5, 0.6) is 0 Å². The average molecular weight is 319 g/mol. The summed E-state index contributed by atoms with van der Waals surface area (Å²) in [6.07, 6.45) is 0.548. The molecule has 15 heavy (non-hydrogen) atoms. The van der Waals surface area contributed by atoms with Crippen LogP contribution in [0, 0.1) is 13.7 Å². The maximum atomic E-state index is 11.2. The Morgan fingerprint density at radius 1 is 1.53 bits per heavy atom. The minimum absolute atomic E-state index is 0.0132. The number of hydrogen-bond acceptors (Lipinski definition) is 3. The normalized spacial score (nSPS) is 10.0. The zero-order valence-corrected chi connectivity index (χ0v) is 10.4. The van der Waals surface area contributed by atoms with Crippen LogP contribution in [0.1, 0.15) is 18.9 Å². The molecule has 5 heteroatoms. The van der Waals surface area contributed by atoms with Gasteiger partial charge >= 0.3 is 0 Å². The summed E-state index contributed by atoms with van der Waals surface area (Å²) in [5.41, 5.74) is 0.524. The number of carbonyl (C=O) groups excluding carboxylic acids is 1. The van der Waals surface area contributed by atoms with Gasteiger partial charge < -0.3 is 0 Å². The number of nitrogens with zero attached hydrogens (tertiary/aromatic N) is 1. The number of nitro groups is 1. The molecule has 0 aliphatic rings. The molecule has 0 N–H and O–H groups in total. The van der Waals surface area contributed by atoms with Gasteiger partial charge in [-0.25, -0.2) is 0 Å². The predicted octanol–water partition coefficient (Wildman–Crippen LogP) is 2.72. The quantitative estimate of drug-likeness (QED) is 0.487. The van der Waals surface area contributed by atoms with E-state index >= 15 is 0 Å². The highest BCUT2D eigenvalue weighted by Crippen LogP contribution is 2.22. The third-order valence-corrected chi connectivity index (χ3v) is 2.70. The Kier molecular flexibility index (Phi) is 4.19. The first kappa shape index (κ1) is 12.1. The molecule has 0 atom stereocenters. The van der Waals surface area contributed by atoms with Crippen molar-refractivity contribution in [1.82, 2.24) is 0 Å². The maximum Gasteiger partial charge on any atom is 0.274 e. The fourth-order valence-corrected chi connectivity index (χ4v) is 1.67. The summed E-state index contributed by atoms with van der Waals surface area (Å²) in [6, 6.07) is 4.90. The van der Waals surface area contributed by atoms with Gasteiger partial charge in [-0.2, -0.15) is 0 Å². The van der Waals surface area contributed by atoms with Crippen LogP contribution in [-0.2, 0) is 11.2 Å². The molecule has 0 saturated carbocycles. The lowest BCUT2D eigenvalue weighted by Crippen LogP contribution is -2.04. The van der Waals surface area contributed by atoms with E-state index in [1.54, 1.807) is 19.1 Å². The Balaban J connectivity index is 3.06. The Labute approximate surface area is 101 Å². The SMILES string of the molecule is CCC(=O)Cc1ccc(I)cc1[N+](=O)[O-]. The Hall–Kier alpha value is -0.980. The number of hydrogen-bond donors (Lipinski definition) is 0. The number of carbonyl (C=O) groups is 1. The first-order valence-corrected chi connectivity index (χ1v) is 5.57. The van der Waals surface area contributed by atoms with Crippen molar-refractivity contribution >= 4 is 34.1 Å². The van der Waals surface area contributed by atoms with Crippen LogP contribution >= 0.6 is 22.6 Å². The highest BCUT2D eigenvalue weighted by Gasteiger charge is 2.15. The molecule has 0 amide bonds. The van der Waals surface area contributed by atoms with Crippen molar-refractivity contribution in [3.05, 3.63) is 37.4 Å². The van der Waals surface area contributed by atoms with Crippen molar-refractivity contribution in [1.29, 1.82) is 0 Å². The van der Waals surface area contributed by atoms with Gasteiger partial charge in [0.25, 0.3) is 5.69 Å². The van der Waals surface area contributed by atoms with Crippen LogP contribution in [0.4, 0.5) is 5.69 Å². The van der Waals surface area contributed by atoms with E-state index in [4.69, 9.17) is 0 Å². The van der Waals surface area contributed by atoms with Gasteiger partial charge in [-0.1, -0.05) is 13.0 Å². The van der Waals surface area contributed by atoms with Gasteiger partial charge in [-0.15, -0.1) is 0 Å². The molecule has 0 aliphatic carbocycles. The highest BCUT2D eigenvalue weighted by atomic mass is 127.